The first-order valence-electron chi connectivity index (χ1n) is 32.5. The van der Waals surface area contributed by atoms with Crippen LogP contribution in [0.5, 0.6) is 0 Å². The van der Waals surface area contributed by atoms with Crippen LogP contribution in [0, 0.1) is 47.3 Å². The van der Waals surface area contributed by atoms with Crippen LogP contribution in [0.2, 0.25) is 0 Å². The highest BCUT2D eigenvalue weighted by atomic mass is 14.9. The lowest BCUT2D eigenvalue weighted by atomic mass is 10.0. The predicted octanol–water partition coefficient (Wildman–Crippen LogP) is 24.8. The predicted molar refractivity (Wildman–Crippen MR) is 394 cm³/mol. The summed E-state index contributed by atoms with van der Waals surface area (Å²) in [5.41, 5.74) is 11.3. The van der Waals surface area contributed by atoms with Crippen LogP contribution in [-0.2, 0) is 0 Å². The molecule has 0 atom stereocenters. The fourth-order valence-corrected chi connectivity index (χ4v) is 6.44. The van der Waals surface area contributed by atoms with Gasteiger partial charge in [0.15, 0.2) is 0 Å². The van der Waals surface area contributed by atoms with Crippen molar-refractivity contribution in [1.29, 1.82) is 0 Å². The largest absolute Gasteiger partial charge is 0.294 e. The van der Waals surface area contributed by atoms with E-state index in [1.54, 1.807) is 11.9 Å². The van der Waals surface area contributed by atoms with E-state index in [1.165, 1.54) is 58.7 Å². The molecule has 482 valence electrons. The average molecular weight is 1150 g/mol. The third kappa shape index (κ3) is 60.2. The lowest BCUT2D eigenvalue weighted by molar-refractivity contribution is 0.753. The van der Waals surface area contributed by atoms with Gasteiger partial charge in [-0.2, -0.15) is 0 Å². The maximum absolute atomic E-state index is 4.35. The van der Waals surface area contributed by atoms with Crippen molar-refractivity contribution in [2.24, 2.45) is 82.3 Å². The summed E-state index contributed by atoms with van der Waals surface area (Å²) < 4.78 is 0. The zero-order chi connectivity index (χ0) is 63.9. The van der Waals surface area contributed by atoms with Gasteiger partial charge >= 0.3 is 0 Å². The molecule has 2 aliphatic carbocycles. The Kier molecular flexibility index (Phi) is 93.1. The summed E-state index contributed by atoms with van der Waals surface area (Å²) in [6, 6.07) is 0. The SMILES string of the molecule is C.C.CC.CC.CC.CC.CC.CC.CC.CC.CC(C)C1=CC=CC1.CC(C)C1=CC=NC1.CC(C)C1=CCC=C1.CC(C)C1=CCN=C1.CC(C)C1=CN=CC1.CC(C)C1=NC=CC1.CC(C)C1=NC=NC1.CC(C)C1=NCCC1. The van der Waals surface area contributed by atoms with Gasteiger partial charge in [-0.15, -0.1) is 0 Å². The molecule has 0 aromatic carbocycles. The van der Waals surface area contributed by atoms with Gasteiger partial charge in [-0.25, -0.2) is 4.99 Å². The summed E-state index contributed by atoms with van der Waals surface area (Å²) in [7, 11) is 0. The van der Waals surface area contributed by atoms with Crippen molar-refractivity contribution in [2.75, 3.05) is 26.2 Å². The van der Waals surface area contributed by atoms with Gasteiger partial charge in [-0.05, 0) is 101 Å². The molecule has 0 radical (unpaired) electrons. The quantitative estimate of drug-likeness (QED) is 0.232. The van der Waals surface area contributed by atoms with Crippen molar-refractivity contribution < 1.29 is 0 Å². The van der Waals surface area contributed by atoms with Gasteiger partial charge in [-0.1, -0.05) is 291 Å². The van der Waals surface area contributed by atoms with Gasteiger partial charge in [0, 0.05) is 67.6 Å². The van der Waals surface area contributed by atoms with E-state index in [1.807, 2.05) is 142 Å². The number of allylic oxidation sites excluding steroid dienone is 12. The highest BCUT2D eigenvalue weighted by Crippen LogP contribution is 2.19. The van der Waals surface area contributed by atoms with Crippen molar-refractivity contribution in [2.45, 2.75) is 275 Å². The van der Waals surface area contributed by atoms with Crippen LogP contribution in [0.15, 0.2) is 130 Å². The number of hydrogen-bond acceptors (Lipinski definition) is 7. The van der Waals surface area contributed by atoms with Gasteiger partial charge in [0.05, 0.1) is 19.6 Å². The first-order valence-corrected chi connectivity index (χ1v) is 32.5. The van der Waals surface area contributed by atoms with E-state index in [0.29, 0.717) is 41.4 Å². The van der Waals surface area contributed by atoms with Crippen LogP contribution in [0.25, 0.3) is 0 Å². The second-order valence-corrected chi connectivity index (χ2v) is 19.4. The third-order valence-electron chi connectivity index (χ3n) is 11.3. The van der Waals surface area contributed by atoms with Gasteiger partial charge in [-0.3, -0.25) is 30.0 Å². The van der Waals surface area contributed by atoms with Crippen LogP contribution in [0.1, 0.15) is 275 Å². The van der Waals surface area contributed by atoms with Crippen molar-refractivity contribution in [3.05, 3.63) is 94.9 Å². The summed E-state index contributed by atoms with van der Waals surface area (Å²) >= 11 is 0. The Morgan fingerprint density at radius 3 is 1.15 bits per heavy atom. The number of rotatable bonds is 8. The molecule has 6 aliphatic heterocycles. The molecule has 8 aliphatic rings. The third-order valence-corrected chi connectivity index (χ3v) is 11.3. The molecule has 0 aromatic heterocycles. The monoisotopic (exact) mass is 1150 g/mol. The maximum Gasteiger partial charge on any atom is 0.110 e. The molecule has 0 amide bonds. The van der Waals surface area contributed by atoms with Gasteiger partial charge in [0.2, 0.25) is 0 Å². The Balaban J connectivity index is -0.0000000868. The van der Waals surface area contributed by atoms with Crippen LogP contribution >= 0.6 is 0 Å². The first-order chi connectivity index (χ1) is 38.4. The van der Waals surface area contributed by atoms with Crippen molar-refractivity contribution in [1.82, 2.24) is 0 Å². The molecule has 0 aromatic rings. The van der Waals surface area contributed by atoms with E-state index >= 15 is 0 Å². The van der Waals surface area contributed by atoms with E-state index in [9.17, 15) is 0 Å². The molecular formula is C75H147N7. The fourth-order valence-electron chi connectivity index (χ4n) is 6.44. The molecule has 0 N–H and O–H groups in total. The molecule has 0 spiro atoms. The highest BCUT2D eigenvalue weighted by molar-refractivity contribution is 5.97. The van der Waals surface area contributed by atoms with E-state index in [2.05, 4.69) is 200 Å². The maximum atomic E-state index is 4.35. The van der Waals surface area contributed by atoms with Crippen molar-refractivity contribution in [3.63, 3.8) is 0 Å². The minimum atomic E-state index is 0. The Morgan fingerprint density at radius 1 is 0.427 bits per heavy atom. The fraction of sp³-hybridized carbons (Fsp3) is 0.693. The van der Waals surface area contributed by atoms with Crippen LogP contribution in [0.3, 0.4) is 0 Å². The summed E-state index contributed by atoms with van der Waals surface area (Å²) in [5.74, 6) is 5.36. The zero-order valence-electron chi connectivity index (χ0n) is 59.5. The second kappa shape index (κ2) is 76.6. The van der Waals surface area contributed by atoms with E-state index in [-0.39, 0.29) is 14.9 Å². The molecule has 8 rings (SSSR count). The van der Waals surface area contributed by atoms with E-state index in [0.717, 1.165) is 51.4 Å². The van der Waals surface area contributed by atoms with E-state index in [4.69, 9.17) is 0 Å². The lowest BCUT2D eigenvalue weighted by Gasteiger charge is -2.02. The van der Waals surface area contributed by atoms with Crippen LogP contribution in [0.4, 0.5) is 0 Å². The highest BCUT2D eigenvalue weighted by Gasteiger charge is 2.09. The Bertz CT molecular complexity index is 1580. The van der Waals surface area contributed by atoms with Gasteiger partial charge in [0.1, 0.15) is 6.34 Å². The van der Waals surface area contributed by atoms with Gasteiger partial charge < -0.3 is 0 Å². The smallest absolute Gasteiger partial charge is 0.110 e. The van der Waals surface area contributed by atoms with Crippen molar-refractivity contribution in [3.8, 4) is 0 Å². The summed E-state index contributed by atoms with van der Waals surface area (Å²) in [4.78, 5) is 28.7. The van der Waals surface area contributed by atoms with Crippen LogP contribution < -0.4 is 0 Å². The Morgan fingerprint density at radius 2 is 0.951 bits per heavy atom. The molecule has 6 heterocycles. The lowest BCUT2D eigenvalue weighted by Crippen LogP contribution is -2.07. The Labute approximate surface area is 518 Å². The molecule has 0 saturated carbocycles. The standard InChI is InChI=1S/2C8H12.3C7H11N.C7H13N.C7H11N.C6H10N2.8C2H6.2CH4/c2*1-7(2)8-5-3-4-6-8;3*1-6(2)7-3-4-8-5-7;2*1-6(2)7-4-3-5-8-7;1-5(2)6-3-7-4-8-6;8*1-2;;/h3,5-7H,4H2,1-2H3;3-5,7H,6H2,1-2H3;4-6H,3H2,1-2H3;3,5-6H,4H2,1-2H3;3-4,6H,5H2,1-2H3;6H,3-5H2,1-2H3;3,5-6H,4H2,1-2H3;4-5H,3H2,1-2H3;8*1-2H3;2*1H4. The molecule has 82 heavy (non-hydrogen) atoms. The normalized spacial score (nSPS) is 14.5. The first kappa shape index (κ1) is 99.6. The molecule has 7 nitrogen and oxygen atoms in total. The topological polar surface area (TPSA) is 86.5 Å². The number of aliphatic imine (C=N–C) groups is 7. The number of nitrogens with zero attached hydrogens (tertiary/aromatic N) is 7. The minimum Gasteiger partial charge on any atom is -0.294 e. The second-order valence-electron chi connectivity index (χ2n) is 19.4. The molecule has 0 saturated heterocycles. The minimum absolute atomic E-state index is 0. The molecular weight excluding hydrogens is 999 g/mol. The molecule has 0 fully saturated rings. The molecule has 0 unspecified atom stereocenters. The number of hydrogen-bond donors (Lipinski definition) is 0. The van der Waals surface area contributed by atoms with Crippen LogP contribution in [-0.4, -0.2) is 68.3 Å². The Hall–Kier alpha value is -4.39. The van der Waals surface area contributed by atoms with E-state index < -0.39 is 0 Å². The van der Waals surface area contributed by atoms with Crippen molar-refractivity contribution >= 4 is 42.1 Å². The molecule has 7 heteroatoms. The summed E-state index contributed by atoms with van der Waals surface area (Å²) in [5, 5.41) is 0. The van der Waals surface area contributed by atoms with Gasteiger partial charge in [0.25, 0.3) is 0 Å². The molecule has 0 bridgehead atoms. The zero-order valence-corrected chi connectivity index (χ0v) is 59.5. The summed E-state index contributed by atoms with van der Waals surface area (Å²) in [6.07, 6.45) is 37.9. The summed E-state index contributed by atoms with van der Waals surface area (Å²) in [6.45, 7) is 70.8. The average Bonchev–Trinajstić information content (AvgIpc) is 4.34.